The fraction of sp³-hybridized carbons (Fsp3) is 0.400. The molecule has 0 heterocycles. The molecule has 0 radical (unpaired) electrons. The predicted octanol–water partition coefficient (Wildman–Crippen LogP) is 3.26. The molecule has 1 nitrogen and oxygen atoms in total. The Morgan fingerprint density at radius 3 is 2.54 bits per heavy atom. The minimum absolute atomic E-state index is 0.725. The molecular weight excluding hydrogens is 281 g/mol. The van der Waals surface area contributed by atoms with Crippen molar-refractivity contribution in [2.45, 2.75) is 20.0 Å². The van der Waals surface area contributed by atoms with E-state index in [0.29, 0.717) is 0 Å². The van der Waals surface area contributed by atoms with Gasteiger partial charge in [0.05, 0.1) is 0 Å². The van der Waals surface area contributed by atoms with Gasteiger partial charge in [0, 0.05) is 13.2 Å². The van der Waals surface area contributed by atoms with Gasteiger partial charge in [0.15, 0.2) is 0 Å². The van der Waals surface area contributed by atoms with E-state index in [0.717, 1.165) is 19.6 Å². The van der Waals surface area contributed by atoms with Crippen molar-refractivity contribution in [3.05, 3.63) is 35.9 Å². The van der Waals surface area contributed by atoms with Crippen LogP contribution in [-0.2, 0) is 27.7 Å². The van der Waals surface area contributed by atoms with Gasteiger partial charge in [-0.25, -0.2) is 0 Å². The first-order valence-corrected chi connectivity index (χ1v) is 11.2. The average Bonchev–Trinajstić information content (AvgIpc) is 2.23. The topological polar surface area (TPSA) is 9.23 Å². The monoisotopic (exact) mass is 292 g/mol. The number of ether oxygens (including phenoxy) is 1. The fourth-order valence-electron chi connectivity index (χ4n) is 0.852. The molecule has 13 heavy (non-hydrogen) atoms. The van der Waals surface area contributed by atoms with Gasteiger partial charge in [0.1, 0.15) is 0 Å². The molecule has 0 saturated heterocycles. The average molecular weight is 295 g/mol. The van der Waals surface area contributed by atoms with Crippen LogP contribution in [-0.4, -0.2) is 6.61 Å². The van der Waals surface area contributed by atoms with Gasteiger partial charge in [-0.1, -0.05) is 6.92 Å². The molecule has 0 aliphatic rings. The maximum atomic E-state index is 5.35. The molecule has 0 fully saturated rings. The SMILES string of the molecule is CCCOCc1cc[c-]cc1.[Zn+][Br]. The van der Waals surface area contributed by atoms with Crippen molar-refractivity contribution in [3.63, 3.8) is 0 Å². The van der Waals surface area contributed by atoms with E-state index in [1.807, 2.05) is 24.3 Å². The van der Waals surface area contributed by atoms with Crippen molar-refractivity contribution in [1.82, 2.24) is 0 Å². The number of rotatable bonds is 4. The van der Waals surface area contributed by atoms with Crippen molar-refractivity contribution in [3.8, 4) is 0 Å². The quantitative estimate of drug-likeness (QED) is 0.470. The van der Waals surface area contributed by atoms with E-state index >= 15 is 0 Å². The van der Waals surface area contributed by atoms with E-state index in [4.69, 9.17) is 4.74 Å². The first kappa shape index (κ1) is 13.3. The Labute approximate surface area is 96.9 Å². The molecule has 0 spiro atoms. The van der Waals surface area contributed by atoms with Crippen LogP contribution >= 0.6 is 13.6 Å². The third-order valence-corrected chi connectivity index (χ3v) is 1.40. The van der Waals surface area contributed by atoms with Gasteiger partial charge in [-0.05, 0) is 6.42 Å². The minimum atomic E-state index is 0.725. The van der Waals surface area contributed by atoms with Gasteiger partial charge in [-0.15, -0.1) is 5.56 Å². The normalized spacial score (nSPS) is 8.92. The van der Waals surface area contributed by atoms with Gasteiger partial charge in [0.25, 0.3) is 0 Å². The zero-order valence-corrected chi connectivity index (χ0v) is 12.5. The standard InChI is InChI=1S/C10H13O.BrH.Zn/c1-2-8-11-9-10-6-4-3-5-7-10;;/h4-7H,2,8-9H2,1H3;1H;/q-1;;+2/p-1. The molecule has 0 amide bonds. The molecule has 68 valence electrons. The molecule has 0 bridgehead atoms. The molecule has 0 aliphatic heterocycles. The molecule has 3 heteroatoms. The zero-order valence-electron chi connectivity index (χ0n) is 7.92. The summed E-state index contributed by atoms with van der Waals surface area (Å²) in [5.74, 6) is 0. The summed E-state index contributed by atoms with van der Waals surface area (Å²) in [6, 6.07) is 10.8. The summed E-state index contributed by atoms with van der Waals surface area (Å²) >= 11 is 4.25. The van der Waals surface area contributed by atoms with Crippen LogP contribution < -0.4 is 0 Å². The van der Waals surface area contributed by atoms with Crippen molar-refractivity contribution < 1.29 is 21.1 Å². The Morgan fingerprint density at radius 1 is 1.38 bits per heavy atom. The van der Waals surface area contributed by atoms with Crippen LogP contribution in [0.3, 0.4) is 0 Å². The molecule has 1 rings (SSSR count). The Hall–Kier alpha value is 0.283. The van der Waals surface area contributed by atoms with Crippen molar-refractivity contribution in [2.24, 2.45) is 0 Å². The molecule has 1 aromatic rings. The van der Waals surface area contributed by atoms with E-state index in [1.54, 1.807) is 0 Å². The molecule has 0 atom stereocenters. The third kappa shape index (κ3) is 7.36. The van der Waals surface area contributed by atoms with E-state index < -0.39 is 0 Å². The van der Waals surface area contributed by atoms with Crippen molar-refractivity contribution in [2.75, 3.05) is 6.61 Å². The van der Waals surface area contributed by atoms with Gasteiger partial charge in [-0.3, -0.25) is 0 Å². The van der Waals surface area contributed by atoms with E-state index in [9.17, 15) is 0 Å². The Morgan fingerprint density at radius 2 is 2.00 bits per heavy atom. The third-order valence-electron chi connectivity index (χ3n) is 1.40. The van der Waals surface area contributed by atoms with Crippen LogP contribution in [0, 0.1) is 6.07 Å². The van der Waals surface area contributed by atoms with Gasteiger partial charge in [0.2, 0.25) is 0 Å². The zero-order chi connectivity index (χ0) is 9.94. The summed E-state index contributed by atoms with van der Waals surface area (Å²) in [4.78, 5) is 0. The van der Waals surface area contributed by atoms with Crippen LogP contribution in [0.25, 0.3) is 0 Å². The van der Waals surface area contributed by atoms with Gasteiger partial charge < -0.3 is 4.74 Å². The van der Waals surface area contributed by atoms with Crippen LogP contribution in [0.2, 0.25) is 0 Å². The van der Waals surface area contributed by atoms with Gasteiger partial charge in [-0.2, -0.15) is 30.3 Å². The number of hydrogen-bond acceptors (Lipinski definition) is 1. The molecule has 0 unspecified atom stereocenters. The second-order valence-corrected chi connectivity index (χ2v) is 2.46. The Kier molecular flexibility index (Phi) is 10.6. The summed E-state index contributed by atoms with van der Waals surface area (Å²) in [7, 11) is 0. The molecule has 0 aromatic heterocycles. The molecule has 0 saturated carbocycles. The first-order valence-electron chi connectivity index (χ1n) is 4.23. The molecule has 0 aliphatic carbocycles. The van der Waals surface area contributed by atoms with E-state index in [1.165, 1.54) is 21.9 Å². The summed E-state index contributed by atoms with van der Waals surface area (Å²) in [6.45, 7) is 3.68. The summed E-state index contributed by atoms with van der Waals surface area (Å²) in [5.41, 5.74) is 1.22. The maximum absolute atomic E-state index is 5.35. The Bertz CT molecular complexity index is 191. The van der Waals surface area contributed by atoms with Crippen molar-refractivity contribution in [1.29, 1.82) is 0 Å². The van der Waals surface area contributed by atoms with Crippen LogP contribution in [0.5, 0.6) is 0 Å². The number of hydrogen-bond donors (Lipinski definition) is 0. The van der Waals surface area contributed by atoms with Gasteiger partial charge >= 0.3 is 30.0 Å². The Balaban J connectivity index is 0.000000671. The number of halogens is 1. The summed E-state index contributed by atoms with van der Waals surface area (Å²) in [6.07, 6.45) is 1.08. The van der Waals surface area contributed by atoms with Crippen LogP contribution in [0.4, 0.5) is 0 Å². The number of benzene rings is 1. The molecular formula is C10H13BrOZn. The molecule has 1 aromatic carbocycles. The summed E-state index contributed by atoms with van der Waals surface area (Å²) in [5, 5.41) is 0. The van der Waals surface area contributed by atoms with Crippen molar-refractivity contribution >= 4 is 13.6 Å². The predicted molar refractivity (Wildman–Crippen MR) is 54.2 cm³/mol. The van der Waals surface area contributed by atoms with E-state index in [-0.39, 0.29) is 0 Å². The molecule has 0 N–H and O–H groups in total. The summed E-state index contributed by atoms with van der Waals surface area (Å²) < 4.78 is 5.35. The van der Waals surface area contributed by atoms with Crippen LogP contribution in [0.1, 0.15) is 18.9 Å². The van der Waals surface area contributed by atoms with Crippen LogP contribution in [0.15, 0.2) is 24.3 Å². The second-order valence-electron chi connectivity index (χ2n) is 2.46. The van der Waals surface area contributed by atoms with E-state index in [2.05, 4.69) is 26.6 Å². The second kappa shape index (κ2) is 10.4. The first-order chi connectivity index (χ1) is 6.43. The fourth-order valence-corrected chi connectivity index (χ4v) is 0.852.